The fourth-order valence-electron chi connectivity index (χ4n) is 2.03. The summed E-state index contributed by atoms with van der Waals surface area (Å²) < 4.78 is 13.5. The fraction of sp³-hybridized carbons (Fsp3) is 0.462. The average molecular weight is 233 g/mol. The number of nitriles is 1. The molecule has 3 nitrogen and oxygen atoms in total. The number of hydrogen-bond acceptors (Lipinski definition) is 3. The maximum atomic E-state index is 13.5. The van der Waals surface area contributed by atoms with Gasteiger partial charge in [0.05, 0.1) is 11.6 Å². The number of nitrogens with zero attached hydrogens (tertiary/aromatic N) is 2. The first-order valence-electron chi connectivity index (χ1n) is 5.96. The van der Waals surface area contributed by atoms with Crippen molar-refractivity contribution in [1.29, 1.82) is 5.26 Å². The maximum absolute atomic E-state index is 13.5. The van der Waals surface area contributed by atoms with Crippen LogP contribution >= 0.6 is 0 Å². The molecule has 1 saturated heterocycles. The van der Waals surface area contributed by atoms with Gasteiger partial charge in [0.1, 0.15) is 5.82 Å². The zero-order chi connectivity index (χ0) is 12.1. The van der Waals surface area contributed by atoms with E-state index in [1.165, 1.54) is 31.4 Å². The van der Waals surface area contributed by atoms with Crippen molar-refractivity contribution in [2.75, 3.05) is 13.1 Å². The van der Waals surface area contributed by atoms with E-state index >= 15 is 0 Å². The summed E-state index contributed by atoms with van der Waals surface area (Å²) in [5.41, 5.74) is 4.27. The summed E-state index contributed by atoms with van der Waals surface area (Å²) in [5.74, 6) is -0.256. The van der Waals surface area contributed by atoms with E-state index < -0.39 is 0 Å². The zero-order valence-electron chi connectivity index (χ0n) is 9.75. The Morgan fingerprint density at radius 3 is 2.76 bits per heavy atom. The van der Waals surface area contributed by atoms with Crippen molar-refractivity contribution in [2.24, 2.45) is 0 Å². The molecule has 1 fully saturated rings. The molecule has 1 aromatic carbocycles. The zero-order valence-corrected chi connectivity index (χ0v) is 9.75. The smallest absolute Gasteiger partial charge is 0.127 e. The van der Waals surface area contributed by atoms with Crippen LogP contribution in [0.15, 0.2) is 18.2 Å². The third-order valence-electron chi connectivity index (χ3n) is 3.02. The normalized spacial score (nSPS) is 16.7. The Labute approximate surface area is 101 Å². The molecule has 0 aromatic heterocycles. The summed E-state index contributed by atoms with van der Waals surface area (Å²) in [6.45, 7) is 2.47. The van der Waals surface area contributed by atoms with Gasteiger partial charge in [-0.25, -0.2) is 9.40 Å². The lowest BCUT2D eigenvalue weighted by molar-refractivity contribution is 0.150. The van der Waals surface area contributed by atoms with Crippen LogP contribution in [0.25, 0.3) is 0 Å². The molecule has 0 amide bonds. The minimum absolute atomic E-state index is 0.256. The lowest BCUT2D eigenvalue weighted by atomic mass is 10.1. The first-order chi connectivity index (χ1) is 8.29. The highest BCUT2D eigenvalue weighted by atomic mass is 19.1. The predicted octanol–water partition coefficient (Wildman–Crippen LogP) is 2.19. The third-order valence-corrected chi connectivity index (χ3v) is 3.02. The van der Waals surface area contributed by atoms with Gasteiger partial charge in [-0.3, -0.25) is 5.43 Å². The molecule has 1 aromatic rings. The molecule has 1 aliphatic heterocycles. The van der Waals surface area contributed by atoms with E-state index in [1.54, 1.807) is 6.07 Å². The largest absolute Gasteiger partial charge is 0.251 e. The van der Waals surface area contributed by atoms with Crippen LogP contribution < -0.4 is 5.43 Å². The molecule has 1 aliphatic rings. The van der Waals surface area contributed by atoms with Crippen LogP contribution in [0.5, 0.6) is 0 Å². The number of halogens is 1. The Hall–Kier alpha value is -1.44. The second kappa shape index (κ2) is 5.76. The first-order valence-corrected chi connectivity index (χ1v) is 5.96. The van der Waals surface area contributed by atoms with Gasteiger partial charge in [0.15, 0.2) is 0 Å². The molecule has 90 valence electrons. The molecule has 4 heteroatoms. The number of benzene rings is 1. The van der Waals surface area contributed by atoms with Gasteiger partial charge in [-0.05, 0) is 31.0 Å². The lowest BCUT2D eigenvalue weighted by Gasteiger charge is -2.27. The van der Waals surface area contributed by atoms with E-state index in [0.717, 1.165) is 13.1 Å². The van der Waals surface area contributed by atoms with E-state index in [1.807, 2.05) is 6.07 Å². The molecule has 1 heterocycles. The molecule has 17 heavy (non-hydrogen) atoms. The van der Waals surface area contributed by atoms with E-state index in [9.17, 15) is 4.39 Å². The standard InChI is InChI=1S/C13H16FN3/c14-13-5-4-11(9-15)8-12(13)10-16-17-6-2-1-3-7-17/h4-5,8,16H,1-3,6-7,10H2. The van der Waals surface area contributed by atoms with Crippen molar-refractivity contribution in [3.8, 4) is 6.07 Å². The SMILES string of the molecule is N#Cc1ccc(F)c(CNN2CCCCC2)c1. The highest BCUT2D eigenvalue weighted by Gasteiger charge is 2.10. The quantitative estimate of drug-likeness (QED) is 0.869. The molecule has 0 atom stereocenters. The number of nitrogens with one attached hydrogen (secondary N) is 1. The second-order valence-corrected chi connectivity index (χ2v) is 4.30. The Morgan fingerprint density at radius 1 is 1.29 bits per heavy atom. The van der Waals surface area contributed by atoms with Crippen LogP contribution in [-0.4, -0.2) is 18.1 Å². The van der Waals surface area contributed by atoms with Gasteiger partial charge in [0.25, 0.3) is 0 Å². The van der Waals surface area contributed by atoms with Crippen LogP contribution in [0.2, 0.25) is 0 Å². The van der Waals surface area contributed by atoms with Crippen LogP contribution in [-0.2, 0) is 6.54 Å². The van der Waals surface area contributed by atoms with E-state index in [4.69, 9.17) is 5.26 Å². The highest BCUT2D eigenvalue weighted by Crippen LogP contribution is 2.11. The molecule has 1 N–H and O–H groups in total. The van der Waals surface area contributed by atoms with Gasteiger partial charge in [-0.15, -0.1) is 0 Å². The van der Waals surface area contributed by atoms with Crippen molar-refractivity contribution in [2.45, 2.75) is 25.8 Å². The van der Waals surface area contributed by atoms with Gasteiger partial charge in [0.2, 0.25) is 0 Å². The van der Waals surface area contributed by atoms with Crippen LogP contribution in [0.1, 0.15) is 30.4 Å². The summed E-state index contributed by atoms with van der Waals surface area (Å²) >= 11 is 0. The Bertz CT molecular complexity index is 419. The van der Waals surface area contributed by atoms with Gasteiger partial charge < -0.3 is 0 Å². The summed E-state index contributed by atoms with van der Waals surface area (Å²) in [7, 11) is 0. The van der Waals surface area contributed by atoms with Gasteiger partial charge in [0, 0.05) is 25.2 Å². The summed E-state index contributed by atoms with van der Waals surface area (Å²) in [6.07, 6.45) is 3.65. The van der Waals surface area contributed by atoms with Crippen molar-refractivity contribution in [3.05, 3.63) is 35.1 Å². The van der Waals surface area contributed by atoms with Crippen molar-refractivity contribution >= 4 is 0 Å². The molecular formula is C13H16FN3. The molecule has 0 saturated carbocycles. The van der Waals surface area contributed by atoms with Crippen LogP contribution in [0, 0.1) is 17.1 Å². The van der Waals surface area contributed by atoms with E-state index in [-0.39, 0.29) is 5.82 Å². The number of hydrogen-bond donors (Lipinski definition) is 1. The number of hydrazine groups is 1. The monoisotopic (exact) mass is 233 g/mol. The Kier molecular flexibility index (Phi) is 4.08. The fourth-order valence-corrected chi connectivity index (χ4v) is 2.03. The van der Waals surface area contributed by atoms with Crippen molar-refractivity contribution in [1.82, 2.24) is 10.4 Å². The molecule has 0 bridgehead atoms. The minimum atomic E-state index is -0.256. The van der Waals surface area contributed by atoms with Gasteiger partial charge >= 0.3 is 0 Å². The van der Waals surface area contributed by atoms with E-state index in [0.29, 0.717) is 17.7 Å². The minimum Gasteiger partial charge on any atom is -0.251 e. The number of rotatable bonds is 3. The second-order valence-electron chi connectivity index (χ2n) is 4.30. The third kappa shape index (κ3) is 3.26. The number of piperidine rings is 1. The molecule has 0 unspecified atom stereocenters. The highest BCUT2D eigenvalue weighted by molar-refractivity contribution is 5.33. The van der Waals surface area contributed by atoms with Crippen LogP contribution in [0.4, 0.5) is 4.39 Å². The predicted molar refractivity (Wildman–Crippen MR) is 63.4 cm³/mol. The summed E-state index contributed by atoms with van der Waals surface area (Å²) in [6, 6.07) is 6.48. The molecule has 0 spiro atoms. The first kappa shape index (κ1) is 12.0. The molecule has 0 aliphatic carbocycles. The molecule has 2 rings (SSSR count). The van der Waals surface area contributed by atoms with Crippen molar-refractivity contribution < 1.29 is 4.39 Å². The molecule has 0 radical (unpaired) electrons. The Balaban J connectivity index is 1.95. The van der Waals surface area contributed by atoms with E-state index in [2.05, 4.69) is 10.4 Å². The maximum Gasteiger partial charge on any atom is 0.127 e. The summed E-state index contributed by atoms with van der Waals surface area (Å²) in [4.78, 5) is 0. The summed E-state index contributed by atoms with van der Waals surface area (Å²) in [5, 5.41) is 10.9. The average Bonchev–Trinajstić information content (AvgIpc) is 2.39. The van der Waals surface area contributed by atoms with Gasteiger partial charge in [-0.2, -0.15) is 5.26 Å². The topological polar surface area (TPSA) is 39.1 Å². The van der Waals surface area contributed by atoms with Crippen molar-refractivity contribution in [3.63, 3.8) is 0 Å². The van der Waals surface area contributed by atoms with Gasteiger partial charge in [-0.1, -0.05) is 6.42 Å². The molecular weight excluding hydrogens is 217 g/mol. The Morgan fingerprint density at radius 2 is 2.06 bits per heavy atom. The van der Waals surface area contributed by atoms with Crippen LogP contribution in [0.3, 0.4) is 0 Å². The lowest BCUT2D eigenvalue weighted by Crippen LogP contribution is -2.41.